The van der Waals surface area contributed by atoms with Crippen LogP contribution in [0.1, 0.15) is 33.1 Å². The van der Waals surface area contributed by atoms with Gasteiger partial charge in [0.2, 0.25) is 0 Å². The van der Waals surface area contributed by atoms with E-state index in [9.17, 15) is 4.79 Å². The van der Waals surface area contributed by atoms with Crippen molar-refractivity contribution in [3.8, 4) is 12.0 Å². The highest BCUT2D eigenvalue weighted by Gasteiger charge is 1.95. The predicted molar refractivity (Wildman–Crippen MR) is 47.5 cm³/mol. The van der Waals surface area contributed by atoms with E-state index in [1.165, 1.54) is 0 Å². The zero-order valence-electron chi connectivity index (χ0n) is 7.64. The molecule has 0 bridgehead atoms. The Balaban J connectivity index is 3.34. The van der Waals surface area contributed by atoms with Gasteiger partial charge in [0.15, 0.2) is 0 Å². The second-order valence-electron chi connectivity index (χ2n) is 2.27. The lowest BCUT2D eigenvalue weighted by atomic mass is 10.4. The summed E-state index contributed by atoms with van der Waals surface area (Å²) >= 11 is 0. The zero-order valence-corrected chi connectivity index (χ0v) is 7.64. The molecule has 0 aromatic rings. The third kappa shape index (κ3) is 6.94. The highest BCUT2D eigenvalue weighted by atomic mass is 16.5. The summed E-state index contributed by atoms with van der Waals surface area (Å²) in [6.45, 7) is 4.42. The van der Waals surface area contributed by atoms with Crippen LogP contribution in [-0.2, 0) is 4.74 Å². The molecule has 0 radical (unpaired) electrons. The molecule has 68 valence electrons. The van der Waals surface area contributed by atoms with E-state index in [-0.39, 0.29) is 0 Å². The minimum Gasteiger partial charge on any atom is -0.449 e. The molecule has 0 spiro atoms. The highest BCUT2D eigenvalue weighted by molar-refractivity contribution is 5.69. The van der Waals surface area contributed by atoms with E-state index in [0.717, 1.165) is 19.3 Å². The molecule has 0 aromatic carbocycles. The van der Waals surface area contributed by atoms with Crippen LogP contribution >= 0.6 is 0 Å². The number of carbonyl (C=O) groups excluding carboxylic acids is 1. The van der Waals surface area contributed by atoms with Crippen molar-refractivity contribution in [3.05, 3.63) is 0 Å². The summed E-state index contributed by atoms with van der Waals surface area (Å²) in [7, 11) is 0. The molecule has 0 heterocycles. The topological polar surface area (TPSA) is 38.3 Å². The molecule has 0 aliphatic rings. The third-order valence-electron chi connectivity index (χ3n) is 1.16. The lowest BCUT2D eigenvalue weighted by molar-refractivity contribution is 0.149. The molecule has 0 unspecified atom stereocenters. The van der Waals surface area contributed by atoms with E-state index < -0.39 is 6.09 Å². The Morgan fingerprint density at radius 2 is 2.25 bits per heavy atom. The molecule has 0 aliphatic carbocycles. The van der Waals surface area contributed by atoms with Crippen molar-refractivity contribution >= 4 is 6.09 Å². The highest BCUT2D eigenvalue weighted by Crippen LogP contribution is 1.87. The number of hydrogen-bond acceptors (Lipinski definition) is 2. The number of ether oxygens (including phenoxy) is 1. The molecule has 0 saturated heterocycles. The summed E-state index contributed by atoms with van der Waals surface area (Å²) in [6, 6.07) is 2.49. The van der Waals surface area contributed by atoms with Crippen LogP contribution in [0.2, 0.25) is 0 Å². The van der Waals surface area contributed by atoms with Crippen LogP contribution in [0, 0.1) is 12.0 Å². The van der Waals surface area contributed by atoms with E-state index in [4.69, 9.17) is 4.74 Å². The minimum atomic E-state index is -0.454. The standard InChI is InChI=1S/C9H15NO2/c1-3-5-7-10-9(11)12-8-6-4-2/h3-4,6,8H2,1-2H3,(H,10,11). The summed E-state index contributed by atoms with van der Waals surface area (Å²) in [5.74, 6) is 2.71. The Kier molecular flexibility index (Phi) is 7.16. The molecule has 12 heavy (non-hydrogen) atoms. The fourth-order valence-electron chi connectivity index (χ4n) is 0.529. The monoisotopic (exact) mass is 169 g/mol. The number of amides is 1. The summed E-state index contributed by atoms with van der Waals surface area (Å²) in [4.78, 5) is 10.8. The Morgan fingerprint density at radius 1 is 1.50 bits per heavy atom. The summed E-state index contributed by atoms with van der Waals surface area (Å²) in [5.41, 5.74) is 0. The number of carbonyl (C=O) groups is 1. The predicted octanol–water partition coefficient (Wildman–Crippen LogP) is 1.88. The molecule has 3 nitrogen and oxygen atoms in total. The van der Waals surface area contributed by atoms with Crippen LogP contribution in [0.5, 0.6) is 0 Å². The number of unbranched alkanes of at least 4 members (excludes halogenated alkanes) is 1. The number of rotatable bonds is 3. The van der Waals surface area contributed by atoms with Gasteiger partial charge in [-0.2, -0.15) is 0 Å². The van der Waals surface area contributed by atoms with Gasteiger partial charge in [0, 0.05) is 12.5 Å². The van der Waals surface area contributed by atoms with Crippen molar-refractivity contribution in [1.82, 2.24) is 5.32 Å². The van der Waals surface area contributed by atoms with E-state index in [1.54, 1.807) is 0 Å². The van der Waals surface area contributed by atoms with Crippen LogP contribution in [0.15, 0.2) is 0 Å². The maximum atomic E-state index is 10.8. The van der Waals surface area contributed by atoms with Gasteiger partial charge in [-0.25, -0.2) is 10.1 Å². The van der Waals surface area contributed by atoms with Crippen molar-refractivity contribution in [2.24, 2.45) is 0 Å². The van der Waals surface area contributed by atoms with Crippen molar-refractivity contribution in [3.63, 3.8) is 0 Å². The molecule has 0 rings (SSSR count). The normalized spacial score (nSPS) is 8.17. The third-order valence-corrected chi connectivity index (χ3v) is 1.16. The number of alkyl carbamates (subject to hydrolysis) is 1. The van der Waals surface area contributed by atoms with Gasteiger partial charge in [-0.3, -0.25) is 0 Å². The van der Waals surface area contributed by atoms with Crippen LogP contribution in [0.3, 0.4) is 0 Å². The van der Waals surface area contributed by atoms with Crippen molar-refractivity contribution in [1.29, 1.82) is 0 Å². The first-order valence-corrected chi connectivity index (χ1v) is 4.21. The molecule has 0 fully saturated rings. The Bertz CT molecular complexity index is 179. The average molecular weight is 169 g/mol. The van der Waals surface area contributed by atoms with Gasteiger partial charge in [-0.05, 0) is 6.42 Å². The fourth-order valence-corrected chi connectivity index (χ4v) is 0.529. The molecular formula is C9H15NO2. The van der Waals surface area contributed by atoms with E-state index in [1.807, 2.05) is 13.8 Å². The Labute approximate surface area is 73.5 Å². The lowest BCUT2D eigenvalue weighted by Gasteiger charge is -2.00. The van der Waals surface area contributed by atoms with Gasteiger partial charge >= 0.3 is 6.09 Å². The van der Waals surface area contributed by atoms with Gasteiger partial charge in [0.05, 0.1) is 6.61 Å². The SMILES string of the molecule is CCC#CNC(=O)OCCCC. The van der Waals surface area contributed by atoms with Crippen molar-refractivity contribution in [2.75, 3.05) is 6.61 Å². The summed E-state index contributed by atoms with van der Waals surface area (Å²) < 4.78 is 4.78. The first kappa shape index (κ1) is 10.8. The quantitative estimate of drug-likeness (QED) is 0.398. The van der Waals surface area contributed by atoms with Gasteiger partial charge in [0.25, 0.3) is 0 Å². The van der Waals surface area contributed by atoms with E-state index in [2.05, 4.69) is 17.3 Å². The van der Waals surface area contributed by atoms with Gasteiger partial charge in [0.1, 0.15) is 0 Å². The largest absolute Gasteiger partial charge is 0.449 e. The van der Waals surface area contributed by atoms with E-state index >= 15 is 0 Å². The molecule has 3 heteroatoms. The molecule has 0 aromatic heterocycles. The molecule has 1 N–H and O–H groups in total. The molecule has 0 aliphatic heterocycles. The van der Waals surface area contributed by atoms with E-state index in [0.29, 0.717) is 6.61 Å². The smallest absolute Gasteiger partial charge is 0.418 e. The van der Waals surface area contributed by atoms with Gasteiger partial charge < -0.3 is 4.74 Å². The molecule has 0 saturated carbocycles. The lowest BCUT2D eigenvalue weighted by Crippen LogP contribution is -2.19. The first-order valence-electron chi connectivity index (χ1n) is 4.21. The molecular weight excluding hydrogens is 154 g/mol. The van der Waals surface area contributed by atoms with Gasteiger partial charge in [-0.15, -0.1) is 0 Å². The van der Waals surface area contributed by atoms with Crippen LogP contribution in [0.4, 0.5) is 4.79 Å². The summed E-state index contributed by atoms with van der Waals surface area (Å²) in [5, 5.41) is 2.32. The van der Waals surface area contributed by atoms with Gasteiger partial charge in [-0.1, -0.05) is 26.2 Å². The number of nitrogens with one attached hydrogen (secondary N) is 1. The summed E-state index contributed by atoms with van der Waals surface area (Å²) in [6.07, 6.45) is 2.20. The van der Waals surface area contributed by atoms with Crippen LogP contribution in [0.25, 0.3) is 0 Å². The Hall–Kier alpha value is -1.17. The second kappa shape index (κ2) is 7.93. The zero-order chi connectivity index (χ0) is 9.23. The van der Waals surface area contributed by atoms with Crippen LogP contribution in [-0.4, -0.2) is 12.7 Å². The van der Waals surface area contributed by atoms with Crippen LogP contribution < -0.4 is 5.32 Å². The molecule has 1 amide bonds. The molecule has 0 atom stereocenters. The Morgan fingerprint density at radius 3 is 2.83 bits per heavy atom. The minimum absolute atomic E-state index is 0.454. The maximum Gasteiger partial charge on any atom is 0.418 e. The second-order valence-corrected chi connectivity index (χ2v) is 2.27. The fraction of sp³-hybridized carbons (Fsp3) is 0.667. The average Bonchev–Trinajstić information content (AvgIpc) is 2.06. The first-order chi connectivity index (χ1) is 5.81. The van der Waals surface area contributed by atoms with Crippen molar-refractivity contribution in [2.45, 2.75) is 33.1 Å². The number of hydrogen-bond donors (Lipinski definition) is 1. The maximum absolute atomic E-state index is 10.8. The van der Waals surface area contributed by atoms with Crippen molar-refractivity contribution < 1.29 is 9.53 Å².